The highest BCUT2D eigenvalue weighted by Crippen LogP contribution is 2.32. The summed E-state index contributed by atoms with van der Waals surface area (Å²) in [5.41, 5.74) is 3.92. The van der Waals surface area contributed by atoms with E-state index in [1.807, 2.05) is 68.4 Å². The molecule has 0 atom stereocenters. The number of nitriles is 1. The molecule has 0 aliphatic carbocycles. The monoisotopic (exact) mass is 434 g/mol. The van der Waals surface area contributed by atoms with Gasteiger partial charge in [-0.05, 0) is 48.7 Å². The molecule has 3 aromatic rings. The second-order valence-electron chi connectivity index (χ2n) is 6.74. The number of benzene rings is 3. The molecule has 0 aliphatic heterocycles. The van der Waals surface area contributed by atoms with Crippen molar-refractivity contribution in [3.8, 4) is 6.07 Å². The van der Waals surface area contributed by atoms with Crippen LogP contribution in [0.25, 0.3) is 0 Å². The molecule has 30 heavy (non-hydrogen) atoms. The highest BCUT2D eigenvalue weighted by molar-refractivity contribution is 8.04. The van der Waals surface area contributed by atoms with E-state index in [2.05, 4.69) is 5.32 Å². The van der Waals surface area contributed by atoms with E-state index in [-0.39, 0.29) is 9.80 Å². The minimum Gasteiger partial charge on any atom is -0.348 e. The van der Waals surface area contributed by atoms with Crippen LogP contribution in [0, 0.1) is 25.2 Å². The zero-order valence-corrected chi connectivity index (χ0v) is 18.4. The molecule has 0 unspecified atom stereocenters. The maximum Gasteiger partial charge on any atom is 0.219 e. The zero-order valence-electron chi connectivity index (χ0n) is 16.8. The van der Waals surface area contributed by atoms with Crippen molar-refractivity contribution in [3.63, 3.8) is 0 Å². The van der Waals surface area contributed by atoms with Crippen molar-refractivity contribution in [1.82, 2.24) is 0 Å². The Labute approximate surface area is 182 Å². The summed E-state index contributed by atoms with van der Waals surface area (Å²) in [7, 11) is -3.96. The fourth-order valence-corrected chi connectivity index (χ4v) is 5.52. The Kier molecular flexibility index (Phi) is 6.99. The predicted molar refractivity (Wildman–Crippen MR) is 124 cm³/mol. The second kappa shape index (κ2) is 9.66. The summed E-state index contributed by atoms with van der Waals surface area (Å²) in [4.78, 5) is -0.183. The van der Waals surface area contributed by atoms with Crippen molar-refractivity contribution in [3.05, 3.63) is 105 Å². The molecule has 0 fully saturated rings. The van der Waals surface area contributed by atoms with Crippen LogP contribution in [-0.4, -0.2) is 8.42 Å². The molecule has 0 spiro atoms. The molecule has 0 amide bonds. The molecular formula is C24H22N2O2S2. The van der Waals surface area contributed by atoms with Gasteiger partial charge in [0.1, 0.15) is 11.1 Å². The fraction of sp³-hybridized carbons (Fsp3) is 0.125. The van der Waals surface area contributed by atoms with Crippen molar-refractivity contribution in [2.75, 3.05) is 5.32 Å². The fourth-order valence-electron chi connectivity index (χ4n) is 2.87. The first kappa shape index (κ1) is 21.7. The maximum atomic E-state index is 13.2. The summed E-state index contributed by atoms with van der Waals surface area (Å²) < 4.78 is 26.4. The van der Waals surface area contributed by atoms with Gasteiger partial charge in [0.25, 0.3) is 0 Å². The van der Waals surface area contributed by atoms with Crippen molar-refractivity contribution in [1.29, 1.82) is 5.26 Å². The number of anilines is 1. The van der Waals surface area contributed by atoms with Gasteiger partial charge in [0.2, 0.25) is 9.84 Å². The Morgan fingerprint density at radius 1 is 0.900 bits per heavy atom. The quantitative estimate of drug-likeness (QED) is 0.475. The molecule has 3 aromatic carbocycles. The smallest absolute Gasteiger partial charge is 0.219 e. The highest BCUT2D eigenvalue weighted by Gasteiger charge is 2.25. The van der Waals surface area contributed by atoms with E-state index >= 15 is 0 Å². The molecule has 0 aromatic heterocycles. The molecule has 6 heteroatoms. The Balaban J connectivity index is 2.07. The highest BCUT2D eigenvalue weighted by atomic mass is 32.2. The minimum absolute atomic E-state index is 0.0992. The van der Waals surface area contributed by atoms with Crippen LogP contribution in [0.4, 0.5) is 5.69 Å². The number of aryl methyl sites for hydroxylation is 2. The summed E-state index contributed by atoms with van der Waals surface area (Å²) in [6, 6.07) is 25.5. The van der Waals surface area contributed by atoms with Gasteiger partial charge in [-0.3, -0.25) is 0 Å². The number of hydrogen-bond donors (Lipinski definition) is 1. The summed E-state index contributed by atoms with van der Waals surface area (Å²) in [6.07, 6.45) is 0. The molecule has 0 aliphatic rings. The summed E-state index contributed by atoms with van der Waals surface area (Å²) >= 11 is 1.31. The first-order valence-electron chi connectivity index (χ1n) is 9.38. The minimum atomic E-state index is -3.96. The number of nitrogens with zero attached hydrogens (tertiary/aromatic N) is 1. The third kappa shape index (κ3) is 4.93. The molecular weight excluding hydrogens is 412 g/mol. The van der Waals surface area contributed by atoms with Gasteiger partial charge < -0.3 is 5.32 Å². The van der Waals surface area contributed by atoms with Crippen molar-refractivity contribution in [2.45, 2.75) is 24.5 Å². The molecule has 1 N–H and O–H groups in total. The number of para-hydroxylation sites is 1. The molecule has 0 radical (unpaired) electrons. The number of nitrogens with one attached hydrogen (secondary N) is 1. The van der Waals surface area contributed by atoms with E-state index in [9.17, 15) is 13.7 Å². The van der Waals surface area contributed by atoms with Crippen LogP contribution >= 0.6 is 11.8 Å². The number of rotatable bonds is 7. The molecule has 0 bridgehead atoms. The van der Waals surface area contributed by atoms with Crippen LogP contribution in [0.15, 0.2) is 93.7 Å². The van der Waals surface area contributed by atoms with Crippen molar-refractivity contribution >= 4 is 27.3 Å². The lowest BCUT2D eigenvalue weighted by atomic mass is 10.1. The normalized spacial score (nSPS) is 12.0. The standard InChI is InChI=1S/C24H22N2O2S2/c1-18-10-6-8-12-20(18)17-29-24(26-22-15-9-7-11-19(22)2)23(16-25)30(27,28)21-13-4-3-5-14-21/h3-15,26H,17H2,1-2H3. The maximum absolute atomic E-state index is 13.2. The Bertz CT molecular complexity index is 1210. The first-order valence-corrected chi connectivity index (χ1v) is 11.8. The van der Waals surface area contributed by atoms with Crippen LogP contribution < -0.4 is 5.32 Å². The van der Waals surface area contributed by atoms with E-state index in [4.69, 9.17) is 0 Å². The van der Waals surface area contributed by atoms with Crippen molar-refractivity contribution < 1.29 is 8.42 Å². The van der Waals surface area contributed by atoms with Gasteiger partial charge in [-0.15, -0.1) is 11.8 Å². The van der Waals surface area contributed by atoms with Gasteiger partial charge >= 0.3 is 0 Å². The molecule has 152 valence electrons. The SMILES string of the molecule is Cc1ccccc1CSC(Nc1ccccc1C)=C(C#N)S(=O)(=O)c1ccccc1. The largest absolute Gasteiger partial charge is 0.348 e. The summed E-state index contributed by atoms with van der Waals surface area (Å²) in [6.45, 7) is 3.95. The van der Waals surface area contributed by atoms with Crippen molar-refractivity contribution in [2.24, 2.45) is 0 Å². The number of hydrogen-bond acceptors (Lipinski definition) is 5. The van der Waals surface area contributed by atoms with E-state index in [1.54, 1.807) is 18.2 Å². The third-order valence-corrected chi connectivity index (χ3v) is 7.56. The lowest BCUT2D eigenvalue weighted by Crippen LogP contribution is -2.10. The lowest BCUT2D eigenvalue weighted by Gasteiger charge is -2.16. The van der Waals surface area contributed by atoms with Gasteiger partial charge in [-0.25, -0.2) is 8.42 Å². The molecule has 0 heterocycles. The average molecular weight is 435 g/mol. The van der Waals surface area contributed by atoms with Gasteiger partial charge in [-0.2, -0.15) is 5.26 Å². The number of sulfone groups is 1. The van der Waals surface area contributed by atoms with Crippen LogP contribution in [0.2, 0.25) is 0 Å². The lowest BCUT2D eigenvalue weighted by molar-refractivity contribution is 0.603. The molecule has 0 saturated carbocycles. The Morgan fingerprint density at radius 3 is 2.13 bits per heavy atom. The number of thioether (sulfide) groups is 1. The van der Waals surface area contributed by atoms with Crippen LogP contribution in [0.5, 0.6) is 0 Å². The van der Waals surface area contributed by atoms with Crippen LogP contribution in [0.1, 0.15) is 16.7 Å². The molecule has 0 saturated heterocycles. The topological polar surface area (TPSA) is 70.0 Å². The Morgan fingerprint density at radius 2 is 1.50 bits per heavy atom. The second-order valence-corrected chi connectivity index (χ2v) is 9.61. The van der Waals surface area contributed by atoms with E-state index in [0.29, 0.717) is 10.8 Å². The van der Waals surface area contributed by atoms with Gasteiger partial charge in [0, 0.05) is 11.4 Å². The van der Waals surface area contributed by atoms with Crippen LogP contribution in [-0.2, 0) is 15.6 Å². The number of allylic oxidation sites excluding steroid dienone is 1. The van der Waals surface area contributed by atoms with Gasteiger partial charge in [-0.1, -0.05) is 60.7 Å². The average Bonchev–Trinajstić information content (AvgIpc) is 2.75. The predicted octanol–water partition coefficient (Wildman–Crippen LogP) is 5.82. The molecule has 3 rings (SSSR count). The Hall–Kier alpha value is -3.01. The third-order valence-electron chi connectivity index (χ3n) is 4.66. The first-order chi connectivity index (χ1) is 14.4. The zero-order chi connectivity index (χ0) is 21.6. The van der Waals surface area contributed by atoms with E-state index < -0.39 is 9.84 Å². The van der Waals surface area contributed by atoms with Gasteiger partial charge in [0.15, 0.2) is 4.91 Å². The van der Waals surface area contributed by atoms with Gasteiger partial charge in [0.05, 0.1) is 4.90 Å². The molecule has 4 nitrogen and oxygen atoms in total. The van der Waals surface area contributed by atoms with Crippen LogP contribution in [0.3, 0.4) is 0 Å². The summed E-state index contributed by atoms with van der Waals surface area (Å²) in [5.74, 6) is 0.538. The van der Waals surface area contributed by atoms with E-state index in [0.717, 1.165) is 22.4 Å². The van der Waals surface area contributed by atoms with E-state index in [1.165, 1.54) is 23.9 Å². The summed E-state index contributed by atoms with van der Waals surface area (Å²) in [5, 5.41) is 13.4.